The van der Waals surface area contributed by atoms with Crippen LogP contribution in [0.4, 0.5) is 17.6 Å². The van der Waals surface area contributed by atoms with Crippen LogP contribution in [0.15, 0.2) is 48.5 Å². The third-order valence-corrected chi connectivity index (χ3v) is 5.12. The van der Waals surface area contributed by atoms with Crippen LogP contribution in [0.2, 0.25) is 0 Å². The van der Waals surface area contributed by atoms with Crippen LogP contribution in [0.1, 0.15) is 41.3 Å². The fourth-order valence-electron chi connectivity index (χ4n) is 3.72. The number of carbonyl (C=O) groups is 2. The molecule has 1 fully saturated rings. The van der Waals surface area contributed by atoms with Gasteiger partial charge in [-0.2, -0.15) is 13.2 Å². The van der Waals surface area contributed by atoms with E-state index in [4.69, 9.17) is 0 Å². The normalized spacial score (nSPS) is 19.2. The van der Waals surface area contributed by atoms with Crippen molar-refractivity contribution < 1.29 is 27.2 Å². The van der Waals surface area contributed by atoms with Gasteiger partial charge in [0.1, 0.15) is 5.82 Å². The minimum absolute atomic E-state index is 0.00731. The van der Waals surface area contributed by atoms with E-state index in [1.807, 2.05) is 0 Å². The average molecular weight is 422 g/mol. The molecule has 0 saturated carbocycles. The van der Waals surface area contributed by atoms with Gasteiger partial charge in [-0.05, 0) is 37.6 Å². The van der Waals surface area contributed by atoms with Gasteiger partial charge in [-0.25, -0.2) is 4.39 Å². The number of amides is 2. The molecule has 2 atom stereocenters. The fourth-order valence-corrected chi connectivity index (χ4v) is 3.72. The number of hydrogen-bond donors (Lipinski definition) is 1. The van der Waals surface area contributed by atoms with Crippen molar-refractivity contribution in [2.24, 2.45) is 5.92 Å². The average Bonchev–Trinajstić information content (AvgIpc) is 3.12. The van der Waals surface area contributed by atoms with E-state index in [9.17, 15) is 27.2 Å². The number of hydrogen-bond acceptors (Lipinski definition) is 2. The monoisotopic (exact) mass is 422 g/mol. The molecule has 1 saturated heterocycles. The lowest BCUT2D eigenvalue weighted by Gasteiger charge is -2.20. The molecule has 3 rings (SSSR count). The number of nitrogens with zero attached hydrogens (tertiary/aromatic N) is 1. The summed E-state index contributed by atoms with van der Waals surface area (Å²) >= 11 is 0. The number of nitrogens with one attached hydrogen (secondary N) is 1. The van der Waals surface area contributed by atoms with Crippen LogP contribution in [-0.2, 0) is 11.0 Å². The second kappa shape index (κ2) is 8.45. The molecule has 2 amide bonds. The maximum Gasteiger partial charge on any atom is 0.416 e. The van der Waals surface area contributed by atoms with Gasteiger partial charge in [0.05, 0.1) is 17.0 Å². The Morgan fingerprint density at radius 2 is 1.77 bits per heavy atom. The largest absolute Gasteiger partial charge is 0.416 e. The Hall–Kier alpha value is -2.90. The lowest BCUT2D eigenvalue weighted by atomic mass is 9.87. The lowest BCUT2D eigenvalue weighted by molar-refractivity contribution is -0.137. The zero-order chi connectivity index (χ0) is 22.1. The summed E-state index contributed by atoms with van der Waals surface area (Å²) in [5.74, 6) is -3.01. The van der Waals surface area contributed by atoms with E-state index in [1.165, 1.54) is 35.2 Å². The molecule has 160 valence electrons. The minimum atomic E-state index is -4.52. The first-order chi connectivity index (χ1) is 14.1. The standard InChI is InChI=1S/C22H22F4N2O2/c1-13(2)27-20(29)18-12-28(21(30)16-8-3-4-9-19(16)23)11-17(18)14-6-5-7-15(10-14)22(24,25)26/h3-10,13,17-18H,11-12H2,1-2H3,(H,27,29)/t17-,18-/m0/s1. The highest BCUT2D eigenvalue weighted by atomic mass is 19.4. The molecule has 2 aromatic rings. The van der Waals surface area contributed by atoms with Gasteiger partial charge in [-0.15, -0.1) is 0 Å². The summed E-state index contributed by atoms with van der Waals surface area (Å²) in [6.07, 6.45) is -4.52. The summed E-state index contributed by atoms with van der Waals surface area (Å²) in [6, 6.07) is 10.1. The van der Waals surface area contributed by atoms with E-state index in [0.29, 0.717) is 5.56 Å². The van der Waals surface area contributed by atoms with Crippen molar-refractivity contribution in [3.8, 4) is 0 Å². The van der Waals surface area contributed by atoms with Gasteiger partial charge < -0.3 is 10.2 Å². The highest BCUT2D eigenvalue weighted by Gasteiger charge is 2.42. The molecule has 8 heteroatoms. The van der Waals surface area contributed by atoms with Crippen LogP contribution >= 0.6 is 0 Å². The van der Waals surface area contributed by atoms with Crippen molar-refractivity contribution in [3.05, 3.63) is 71.0 Å². The van der Waals surface area contributed by atoms with E-state index < -0.39 is 35.3 Å². The SMILES string of the molecule is CC(C)NC(=O)[C@H]1CN(C(=O)c2ccccc2F)C[C@H]1c1cccc(C(F)(F)F)c1. The third kappa shape index (κ3) is 4.63. The van der Waals surface area contributed by atoms with Crippen molar-refractivity contribution >= 4 is 11.8 Å². The van der Waals surface area contributed by atoms with E-state index in [0.717, 1.165) is 18.2 Å². The van der Waals surface area contributed by atoms with Crippen molar-refractivity contribution in [2.45, 2.75) is 32.0 Å². The molecule has 2 aromatic carbocycles. The van der Waals surface area contributed by atoms with E-state index in [1.54, 1.807) is 13.8 Å². The molecule has 0 aromatic heterocycles. The van der Waals surface area contributed by atoms with Crippen molar-refractivity contribution in [3.63, 3.8) is 0 Å². The molecule has 0 aliphatic carbocycles. The molecule has 1 aliphatic heterocycles. The summed E-state index contributed by atoms with van der Waals surface area (Å²) < 4.78 is 53.6. The summed E-state index contributed by atoms with van der Waals surface area (Å²) in [7, 11) is 0. The van der Waals surface area contributed by atoms with Gasteiger partial charge in [0, 0.05) is 25.0 Å². The zero-order valence-corrected chi connectivity index (χ0v) is 16.5. The summed E-state index contributed by atoms with van der Waals surface area (Å²) in [5, 5.41) is 2.77. The fraction of sp³-hybridized carbons (Fsp3) is 0.364. The Morgan fingerprint density at radius 3 is 2.40 bits per heavy atom. The predicted octanol–water partition coefficient (Wildman–Crippen LogP) is 4.22. The van der Waals surface area contributed by atoms with Crippen LogP contribution in [-0.4, -0.2) is 35.8 Å². The minimum Gasteiger partial charge on any atom is -0.354 e. The molecule has 0 spiro atoms. The zero-order valence-electron chi connectivity index (χ0n) is 16.5. The number of benzene rings is 2. The van der Waals surface area contributed by atoms with Gasteiger partial charge in [0.2, 0.25) is 5.91 Å². The summed E-state index contributed by atoms with van der Waals surface area (Å²) in [6.45, 7) is 3.56. The molecule has 0 unspecified atom stereocenters. The number of likely N-dealkylation sites (tertiary alicyclic amines) is 1. The van der Waals surface area contributed by atoms with E-state index >= 15 is 0 Å². The predicted molar refractivity (Wildman–Crippen MR) is 103 cm³/mol. The quantitative estimate of drug-likeness (QED) is 0.750. The van der Waals surface area contributed by atoms with Crippen molar-refractivity contribution in [1.29, 1.82) is 0 Å². The van der Waals surface area contributed by atoms with Crippen LogP contribution in [0.3, 0.4) is 0 Å². The maximum atomic E-state index is 14.1. The smallest absolute Gasteiger partial charge is 0.354 e. The number of rotatable bonds is 4. The first kappa shape index (κ1) is 21.8. The number of carbonyl (C=O) groups excluding carboxylic acids is 2. The second-order valence-electron chi connectivity index (χ2n) is 7.69. The highest BCUT2D eigenvalue weighted by molar-refractivity contribution is 5.95. The molecule has 30 heavy (non-hydrogen) atoms. The summed E-state index contributed by atoms with van der Waals surface area (Å²) in [4.78, 5) is 26.9. The van der Waals surface area contributed by atoms with Gasteiger partial charge in [0.25, 0.3) is 5.91 Å². The van der Waals surface area contributed by atoms with E-state index in [-0.39, 0.29) is 30.6 Å². The summed E-state index contributed by atoms with van der Waals surface area (Å²) in [5.41, 5.74) is -0.635. The first-order valence-electron chi connectivity index (χ1n) is 9.59. The Kier molecular flexibility index (Phi) is 6.14. The molecule has 0 radical (unpaired) electrons. The Morgan fingerprint density at radius 1 is 1.07 bits per heavy atom. The molecule has 1 heterocycles. The second-order valence-corrected chi connectivity index (χ2v) is 7.69. The highest BCUT2D eigenvalue weighted by Crippen LogP contribution is 2.37. The molecule has 4 nitrogen and oxygen atoms in total. The van der Waals surface area contributed by atoms with Crippen LogP contribution < -0.4 is 5.32 Å². The number of alkyl halides is 3. The van der Waals surface area contributed by atoms with Crippen LogP contribution in [0.25, 0.3) is 0 Å². The Bertz CT molecular complexity index is 943. The topological polar surface area (TPSA) is 49.4 Å². The first-order valence-corrected chi connectivity index (χ1v) is 9.59. The molecular formula is C22H22F4N2O2. The van der Waals surface area contributed by atoms with Gasteiger partial charge in [-0.1, -0.05) is 30.3 Å². The molecule has 1 N–H and O–H groups in total. The molecule has 1 aliphatic rings. The van der Waals surface area contributed by atoms with Gasteiger partial charge in [-0.3, -0.25) is 9.59 Å². The Balaban J connectivity index is 1.94. The number of halogens is 4. The molecular weight excluding hydrogens is 400 g/mol. The van der Waals surface area contributed by atoms with Gasteiger partial charge >= 0.3 is 6.18 Å². The Labute approximate surface area is 171 Å². The van der Waals surface area contributed by atoms with Crippen LogP contribution in [0, 0.1) is 11.7 Å². The maximum absolute atomic E-state index is 14.1. The molecule has 0 bridgehead atoms. The lowest BCUT2D eigenvalue weighted by Crippen LogP contribution is -2.39. The van der Waals surface area contributed by atoms with Crippen molar-refractivity contribution in [1.82, 2.24) is 10.2 Å². The van der Waals surface area contributed by atoms with Crippen LogP contribution in [0.5, 0.6) is 0 Å². The van der Waals surface area contributed by atoms with E-state index in [2.05, 4.69) is 5.32 Å². The van der Waals surface area contributed by atoms with Crippen molar-refractivity contribution in [2.75, 3.05) is 13.1 Å². The van der Waals surface area contributed by atoms with Gasteiger partial charge in [0.15, 0.2) is 0 Å². The third-order valence-electron chi connectivity index (χ3n) is 5.12.